The Morgan fingerprint density at radius 2 is 2.26 bits per heavy atom. The molecule has 3 N–H and O–H groups in total. The highest BCUT2D eigenvalue weighted by atomic mass is 16.2. The predicted octanol–water partition coefficient (Wildman–Crippen LogP) is 2.15. The van der Waals surface area contributed by atoms with Crippen molar-refractivity contribution in [1.82, 2.24) is 20.5 Å². The summed E-state index contributed by atoms with van der Waals surface area (Å²) in [6.07, 6.45) is 5.34. The standard InChI is InChI=1S/C13H15N5O/c1-13(5-6-13)17-12(19)16-10-8-15-18-11(10)9-4-2-3-7-14-9/h2-4,7-8H,5-6H2,1H3,(H,15,18)(H2,16,17,19). The van der Waals surface area contributed by atoms with Crippen molar-refractivity contribution >= 4 is 11.7 Å². The molecule has 2 amide bonds. The Bertz CT molecular complexity index is 588. The van der Waals surface area contributed by atoms with Crippen molar-refractivity contribution < 1.29 is 4.79 Å². The third kappa shape index (κ3) is 2.57. The first-order valence-corrected chi connectivity index (χ1v) is 6.20. The molecule has 19 heavy (non-hydrogen) atoms. The van der Waals surface area contributed by atoms with Gasteiger partial charge in [-0.1, -0.05) is 6.07 Å². The van der Waals surface area contributed by atoms with E-state index in [1.807, 2.05) is 25.1 Å². The Kier molecular flexibility index (Phi) is 2.70. The molecule has 0 spiro atoms. The fourth-order valence-electron chi connectivity index (χ4n) is 1.83. The molecule has 6 nitrogen and oxygen atoms in total. The highest BCUT2D eigenvalue weighted by molar-refractivity contribution is 5.93. The van der Waals surface area contributed by atoms with E-state index in [4.69, 9.17) is 0 Å². The van der Waals surface area contributed by atoms with E-state index in [0.717, 1.165) is 18.5 Å². The zero-order valence-corrected chi connectivity index (χ0v) is 10.6. The maximum absolute atomic E-state index is 11.9. The van der Waals surface area contributed by atoms with Crippen LogP contribution in [0.5, 0.6) is 0 Å². The summed E-state index contributed by atoms with van der Waals surface area (Å²) in [7, 11) is 0. The molecule has 0 unspecified atom stereocenters. The lowest BCUT2D eigenvalue weighted by molar-refractivity contribution is 0.248. The van der Waals surface area contributed by atoms with Crippen LogP contribution >= 0.6 is 0 Å². The fourth-order valence-corrected chi connectivity index (χ4v) is 1.83. The number of amides is 2. The second-order valence-corrected chi connectivity index (χ2v) is 5.01. The monoisotopic (exact) mass is 257 g/mol. The fraction of sp³-hybridized carbons (Fsp3) is 0.308. The van der Waals surface area contributed by atoms with E-state index in [9.17, 15) is 4.79 Å². The average molecular weight is 257 g/mol. The lowest BCUT2D eigenvalue weighted by Crippen LogP contribution is -2.37. The van der Waals surface area contributed by atoms with Gasteiger partial charge in [-0.25, -0.2) is 4.79 Å². The third-order valence-electron chi connectivity index (χ3n) is 3.22. The van der Waals surface area contributed by atoms with Gasteiger partial charge in [0, 0.05) is 11.7 Å². The van der Waals surface area contributed by atoms with Crippen molar-refractivity contribution in [1.29, 1.82) is 0 Å². The third-order valence-corrected chi connectivity index (χ3v) is 3.22. The van der Waals surface area contributed by atoms with Gasteiger partial charge in [-0.3, -0.25) is 10.1 Å². The van der Waals surface area contributed by atoms with E-state index in [-0.39, 0.29) is 11.6 Å². The largest absolute Gasteiger partial charge is 0.333 e. The van der Waals surface area contributed by atoms with Gasteiger partial charge in [0.15, 0.2) is 0 Å². The van der Waals surface area contributed by atoms with Crippen LogP contribution in [0.25, 0.3) is 11.4 Å². The number of nitrogens with one attached hydrogen (secondary N) is 3. The highest BCUT2D eigenvalue weighted by Gasteiger charge is 2.38. The van der Waals surface area contributed by atoms with Gasteiger partial charge in [0.2, 0.25) is 0 Å². The van der Waals surface area contributed by atoms with E-state index < -0.39 is 0 Å². The highest BCUT2D eigenvalue weighted by Crippen LogP contribution is 2.34. The maximum Gasteiger partial charge on any atom is 0.319 e. The molecule has 1 fully saturated rings. The summed E-state index contributed by atoms with van der Waals surface area (Å²) in [6, 6.07) is 5.38. The molecule has 6 heteroatoms. The van der Waals surface area contributed by atoms with Crippen molar-refractivity contribution in [3.8, 4) is 11.4 Å². The van der Waals surface area contributed by atoms with Crippen LogP contribution in [0.3, 0.4) is 0 Å². The van der Waals surface area contributed by atoms with Crippen LogP contribution in [-0.2, 0) is 0 Å². The first-order valence-electron chi connectivity index (χ1n) is 6.20. The molecule has 1 aliphatic carbocycles. The molecule has 0 aromatic carbocycles. The molecule has 1 saturated carbocycles. The van der Waals surface area contributed by atoms with Crippen molar-refractivity contribution in [3.63, 3.8) is 0 Å². The first-order chi connectivity index (χ1) is 9.16. The van der Waals surface area contributed by atoms with Crippen molar-refractivity contribution in [3.05, 3.63) is 30.6 Å². The number of aromatic amines is 1. The average Bonchev–Trinajstić information content (AvgIpc) is 2.94. The van der Waals surface area contributed by atoms with Crippen LogP contribution < -0.4 is 10.6 Å². The lowest BCUT2D eigenvalue weighted by atomic mass is 10.2. The predicted molar refractivity (Wildman–Crippen MR) is 71.6 cm³/mol. The molecule has 0 saturated heterocycles. The van der Waals surface area contributed by atoms with Crippen LogP contribution in [0.2, 0.25) is 0 Å². The molecule has 0 aliphatic heterocycles. The summed E-state index contributed by atoms with van der Waals surface area (Å²) in [5.74, 6) is 0. The van der Waals surface area contributed by atoms with E-state index in [1.54, 1.807) is 12.4 Å². The summed E-state index contributed by atoms with van der Waals surface area (Å²) < 4.78 is 0. The zero-order valence-electron chi connectivity index (χ0n) is 10.6. The van der Waals surface area contributed by atoms with Crippen molar-refractivity contribution in [2.45, 2.75) is 25.3 Å². The van der Waals surface area contributed by atoms with Crippen LogP contribution in [0, 0.1) is 0 Å². The summed E-state index contributed by atoms with van der Waals surface area (Å²) in [4.78, 5) is 16.1. The van der Waals surface area contributed by atoms with Gasteiger partial charge >= 0.3 is 6.03 Å². The minimum Gasteiger partial charge on any atom is -0.333 e. The number of carbonyl (C=O) groups is 1. The normalized spacial score (nSPS) is 15.8. The zero-order chi connectivity index (χ0) is 13.3. The number of carbonyl (C=O) groups excluding carboxylic acids is 1. The number of hydrogen-bond acceptors (Lipinski definition) is 3. The molecule has 3 rings (SSSR count). The number of pyridine rings is 1. The molecule has 2 aromatic rings. The molecule has 98 valence electrons. The molecule has 0 atom stereocenters. The van der Waals surface area contributed by atoms with E-state index >= 15 is 0 Å². The van der Waals surface area contributed by atoms with Crippen LogP contribution in [0.15, 0.2) is 30.6 Å². The number of hydrogen-bond donors (Lipinski definition) is 3. The Balaban J connectivity index is 1.75. The van der Waals surface area contributed by atoms with Crippen LogP contribution in [0.4, 0.5) is 10.5 Å². The Hall–Kier alpha value is -2.37. The molecule has 0 radical (unpaired) electrons. The van der Waals surface area contributed by atoms with Gasteiger partial charge in [-0.2, -0.15) is 5.10 Å². The van der Waals surface area contributed by atoms with Gasteiger partial charge in [0.25, 0.3) is 0 Å². The van der Waals surface area contributed by atoms with Gasteiger partial charge in [-0.15, -0.1) is 0 Å². The number of urea groups is 1. The number of anilines is 1. The molecule has 2 aromatic heterocycles. The summed E-state index contributed by atoms with van der Waals surface area (Å²) in [5, 5.41) is 12.5. The molecular formula is C13H15N5O. The number of aromatic nitrogens is 3. The topological polar surface area (TPSA) is 82.7 Å². The molecule has 0 bridgehead atoms. The van der Waals surface area contributed by atoms with Gasteiger partial charge in [-0.05, 0) is 31.9 Å². The minimum absolute atomic E-state index is 0.0427. The van der Waals surface area contributed by atoms with Crippen molar-refractivity contribution in [2.24, 2.45) is 0 Å². The SMILES string of the molecule is CC1(NC(=O)Nc2cn[nH]c2-c2ccccn2)CC1. The lowest BCUT2D eigenvalue weighted by Gasteiger charge is -2.12. The molecule has 1 aliphatic rings. The second-order valence-electron chi connectivity index (χ2n) is 5.01. The van der Waals surface area contributed by atoms with Gasteiger partial charge in [0.05, 0.1) is 17.6 Å². The quantitative estimate of drug-likeness (QED) is 0.787. The smallest absolute Gasteiger partial charge is 0.319 e. The summed E-state index contributed by atoms with van der Waals surface area (Å²) >= 11 is 0. The summed E-state index contributed by atoms with van der Waals surface area (Å²) in [6.45, 7) is 2.03. The van der Waals surface area contributed by atoms with Crippen molar-refractivity contribution in [2.75, 3.05) is 5.32 Å². The second kappa shape index (κ2) is 4.38. The van der Waals surface area contributed by atoms with E-state index in [2.05, 4.69) is 25.8 Å². The number of rotatable bonds is 3. The van der Waals surface area contributed by atoms with E-state index in [0.29, 0.717) is 11.4 Å². The molecular weight excluding hydrogens is 242 g/mol. The minimum atomic E-state index is -0.210. The first kappa shape index (κ1) is 11.7. The summed E-state index contributed by atoms with van der Waals surface area (Å²) in [5.41, 5.74) is 2.03. The number of H-pyrrole nitrogens is 1. The number of nitrogens with zero attached hydrogens (tertiary/aromatic N) is 2. The molecule has 2 heterocycles. The van der Waals surface area contributed by atoms with Crippen LogP contribution in [0.1, 0.15) is 19.8 Å². The van der Waals surface area contributed by atoms with Gasteiger partial charge in [0.1, 0.15) is 5.69 Å². The Morgan fingerprint density at radius 1 is 1.42 bits per heavy atom. The maximum atomic E-state index is 11.9. The van der Waals surface area contributed by atoms with Crippen LogP contribution in [-0.4, -0.2) is 26.8 Å². The van der Waals surface area contributed by atoms with E-state index in [1.165, 1.54) is 0 Å². The Morgan fingerprint density at radius 3 is 2.95 bits per heavy atom. The van der Waals surface area contributed by atoms with Gasteiger partial charge < -0.3 is 10.6 Å². The Labute approximate surface area is 110 Å².